The molecule has 0 saturated heterocycles. The van der Waals surface area contributed by atoms with Gasteiger partial charge in [-0.15, -0.1) is 11.8 Å². The van der Waals surface area contributed by atoms with E-state index in [1.165, 1.54) is 11.8 Å². The van der Waals surface area contributed by atoms with Crippen LogP contribution in [0.2, 0.25) is 0 Å². The first-order valence-electron chi connectivity index (χ1n) is 5.17. The number of hydrogen-bond donors (Lipinski definition) is 2. The first-order valence-corrected chi connectivity index (χ1v) is 6.15. The molecule has 0 unspecified atom stereocenters. The maximum atomic E-state index is 11.3. The number of hydrogen-bond acceptors (Lipinski definition) is 3. The van der Waals surface area contributed by atoms with E-state index in [0.29, 0.717) is 0 Å². The molecular formula is C12H15NO3S. The van der Waals surface area contributed by atoms with Crippen LogP contribution in [0.3, 0.4) is 0 Å². The largest absolute Gasteiger partial charge is 0.480 e. The maximum Gasteiger partial charge on any atom is 0.322 e. The van der Waals surface area contributed by atoms with Gasteiger partial charge < -0.3 is 10.4 Å². The third-order valence-electron chi connectivity index (χ3n) is 2.00. The highest BCUT2D eigenvalue weighted by atomic mass is 32.2. The molecule has 0 fully saturated rings. The number of benzene rings is 1. The number of nitrogens with one attached hydrogen (secondary N) is 1. The van der Waals surface area contributed by atoms with E-state index in [2.05, 4.69) is 11.4 Å². The molecule has 0 aliphatic heterocycles. The Labute approximate surface area is 104 Å². The molecule has 0 aliphatic carbocycles. The molecule has 17 heavy (non-hydrogen) atoms. The van der Waals surface area contributed by atoms with Gasteiger partial charge in [0.25, 0.3) is 0 Å². The van der Waals surface area contributed by atoms with Crippen molar-refractivity contribution >= 4 is 23.6 Å². The van der Waals surface area contributed by atoms with Crippen molar-refractivity contribution in [2.75, 3.05) is 12.3 Å². The molecule has 92 valence electrons. The molecular weight excluding hydrogens is 238 g/mol. The molecule has 0 atom stereocenters. The van der Waals surface area contributed by atoms with Crippen molar-refractivity contribution in [1.29, 1.82) is 0 Å². The van der Waals surface area contributed by atoms with Crippen LogP contribution in [-0.2, 0) is 9.59 Å². The Morgan fingerprint density at radius 1 is 1.24 bits per heavy atom. The first kappa shape index (κ1) is 13.6. The van der Waals surface area contributed by atoms with Crippen LogP contribution in [-0.4, -0.2) is 29.3 Å². The van der Waals surface area contributed by atoms with Gasteiger partial charge in [0.05, 0.1) is 5.75 Å². The van der Waals surface area contributed by atoms with Crippen molar-refractivity contribution in [2.45, 2.75) is 18.7 Å². The zero-order valence-corrected chi connectivity index (χ0v) is 10.6. The van der Waals surface area contributed by atoms with E-state index in [4.69, 9.17) is 5.11 Å². The predicted molar refractivity (Wildman–Crippen MR) is 67.3 cm³/mol. The summed E-state index contributed by atoms with van der Waals surface area (Å²) in [5.74, 6) is -1.07. The third-order valence-corrected chi connectivity index (χ3v) is 2.98. The number of carboxylic acids is 1. The Morgan fingerprint density at radius 3 is 2.35 bits per heavy atom. The fraction of sp³-hybridized carbons (Fsp3) is 0.333. The number of aliphatic carboxylic acids is 1. The van der Waals surface area contributed by atoms with E-state index in [-0.39, 0.29) is 18.2 Å². The Hall–Kier alpha value is -1.49. The zero-order chi connectivity index (χ0) is 12.8. The van der Waals surface area contributed by atoms with Gasteiger partial charge in [0, 0.05) is 4.90 Å². The minimum Gasteiger partial charge on any atom is -0.480 e. The molecule has 0 heterocycles. The summed E-state index contributed by atoms with van der Waals surface area (Å²) >= 11 is 1.40. The van der Waals surface area contributed by atoms with E-state index in [9.17, 15) is 9.59 Å². The van der Waals surface area contributed by atoms with Gasteiger partial charge in [0.1, 0.15) is 6.54 Å². The van der Waals surface area contributed by atoms with Crippen molar-refractivity contribution in [3.63, 3.8) is 0 Å². The molecule has 0 aromatic heterocycles. The highest BCUT2D eigenvalue weighted by Crippen LogP contribution is 2.20. The monoisotopic (exact) mass is 253 g/mol. The quantitative estimate of drug-likeness (QED) is 0.782. The second-order valence-electron chi connectivity index (χ2n) is 3.78. The summed E-state index contributed by atoms with van der Waals surface area (Å²) in [6.07, 6.45) is 0. The number of amides is 1. The van der Waals surface area contributed by atoms with Crippen molar-refractivity contribution in [3.05, 3.63) is 29.3 Å². The summed E-state index contributed by atoms with van der Waals surface area (Å²) < 4.78 is 0. The minimum atomic E-state index is -1.03. The maximum absolute atomic E-state index is 11.3. The van der Waals surface area contributed by atoms with Gasteiger partial charge in [-0.2, -0.15) is 0 Å². The topological polar surface area (TPSA) is 66.4 Å². The molecule has 0 bridgehead atoms. The van der Waals surface area contributed by atoms with Crippen molar-refractivity contribution in [3.8, 4) is 0 Å². The Morgan fingerprint density at radius 2 is 1.82 bits per heavy atom. The predicted octanol–water partition coefficient (Wildman–Crippen LogP) is 1.60. The first-order chi connectivity index (χ1) is 7.97. The van der Waals surface area contributed by atoms with Crippen molar-refractivity contribution in [1.82, 2.24) is 5.32 Å². The summed E-state index contributed by atoms with van der Waals surface area (Å²) in [6.45, 7) is 3.68. The van der Waals surface area contributed by atoms with E-state index in [1.807, 2.05) is 26.0 Å². The standard InChI is InChI=1S/C12H15NO3S/c1-8-3-9(2)5-10(4-8)17-7-11(14)13-6-12(15)16/h3-5H,6-7H2,1-2H3,(H,13,14)(H,15,16). The number of thioether (sulfide) groups is 1. The van der Waals surface area contributed by atoms with Gasteiger partial charge in [-0.05, 0) is 37.1 Å². The highest BCUT2D eigenvalue weighted by molar-refractivity contribution is 8.00. The summed E-state index contributed by atoms with van der Waals surface area (Å²) in [7, 11) is 0. The number of carbonyl (C=O) groups excluding carboxylic acids is 1. The lowest BCUT2D eigenvalue weighted by Gasteiger charge is -2.05. The van der Waals surface area contributed by atoms with Crippen molar-refractivity contribution < 1.29 is 14.7 Å². The summed E-state index contributed by atoms with van der Waals surface area (Å²) in [6, 6.07) is 6.07. The number of carboxylic acid groups (broad SMARTS) is 1. The molecule has 1 rings (SSSR count). The molecule has 0 spiro atoms. The zero-order valence-electron chi connectivity index (χ0n) is 9.82. The lowest BCUT2D eigenvalue weighted by atomic mass is 10.2. The Kier molecular flexibility index (Phi) is 5.03. The number of aryl methyl sites for hydroxylation is 2. The van der Waals surface area contributed by atoms with Crippen LogP contribution in [0, 0.1) is 13.8 Å². The Balaban J connectivity index is 2.44. The molecule has 0 aliphatic rings. The van der Waals surface area contributed by atoms with Gasteiger partial charge in [-0.25, -0.2) is 0 Å². The summed E-state index contributed by atoms with van der Waals surface area (Å²) in [4.78, 5) is 22.6. The fourth-order valence-corrected chi connectivity index (χ4v) is 2.33. The van der Waals surface area contributed by atoms with Crippen LogP contribution in [0.1, 0.15) is 11.1 Å². The number of rotatable bonds is 5. The van der Waals surface area contributed by atoms with Crippen molar-refractivity contribution in [2.24, 2.45) is 0 Å². The van der Waals surface area contributed by atoms with E-state index in [0.717, 1.165) is 16.0 Å². The van der Waals surface area contributed by atoms with E-state index in [1.54, 1.807) is 0 Å². The van der Waals surface area contributed by atoms with Gasteiger partial charge in [-0.3, -0.25) is 9.59 Å². The van der Waals surface area contributed by atoms with Gasteiger partial charge in [0.2, 0.25) is 5.91 Å². The molecule has 1 aromatic carbocycles. The normalized spacial score (nSPS) is 10.0. The third kappa shape index (κ3) is 5.40. The second-order valence-corrected chi connectivity index (χ2v) is 4.83. The summed E-state index contributed by atoms with van der Waals surface area (Å²) in [5, 5.41) is 10.7. The number of carbonyl (C=O) groups is 2. The molecule has 0 radical (unpaired) electrons. The molecule has 5 heteroatoms. The highest BCUT2D eigenvalue weighted by Gasteiger charge is 2.05. The van der Waals surface area contributed by atoms with Crippen LogP contribution in [0.15, 0.2) is 23.1 Å². The van der Waals surface area contributed by atoms with E-state index >= 15 is 0 Å². The fourth-order valence-electron chi connectivity index (χ4n) is 1.39. The lowest BCUT2D eigenvalue weighted by molar-refractivity contribution is -0.137. The van der Waals surface area contributed by atoms with Crippen LogP contribution >= 0.6 is 11.8 Å². The van der Waals surface area contributed by atoms with Crippen LogP contribution < -0.4 is 5.32 Å². The van der Waals surface area contributed by atoms with Crippen LogP contribution in [0.25, 0.3) is 0 Å². The lowest BCUT2D eigenvalue weighted by Crippen LogP contribution is -2.30. The van der Waals surface area contributed by atoms with Gasteiger partial charge in [-0.1, -0.05) is 6.07 Å². The molecule has 1 aromatic rings. The second kappa shape index (κ2) is 6.30. The van der Waals surface area contributed by atoms with Gasteiger partial charge >= 0.3 is 5.97 Å². The van der Waals surface area contributed by atoms with Gasteiger partial charge in [0.15, 0.2) is 0 Å². The molecule has 1 amide bonds. The van der Waals surface area contributed by atoms with E-state index < -0.39 is 5.97 Å². The minimum absolute atomic E-state index is 0.232. The molecule has 2 N–H and O–H groups in total. The summed E-state index contributed by atoms with van der Waals surface area (Å²) in [5.41, 5.74) is 2.30. The average molecular weight is 253 g/mol. The SMILES string of the molecule is Cc1cc(C)cc(SCC(=O)NCC(=O)O)c1. The van der Waals surface area contributed by atoms with Crippen LogP contribution in [0.5, 0.6) is 0 Å². The molecule has 0 saturated carbocycles. The average Bonchev–Trinajstić information content (AvgIpc) is 2.22. The van der Waals surface area contributed by atoms with Crippen LogP contribution in [0.4, 0.5) is 0 Å². The Bertz CT molecular complexity index is 412. The molecule has 4 nitrogen and oxygen atoms in total. The smallest absolute Gasteiger partial charge is 0.322 e.